The summed E-state index contributed by atoms with van der Waals surface area (Å²) < 4.78 is 35.8. The van der Waals surface area contributed by atoms with E-state index >= 15 is 0 Å². The van der Waals surface area contributed by atoms with Gasteiger partial charge >= 0.3 is 0 Å². The van der Waals surface area contributed by atoms with Crippen LogP contribution in [0.4, 0.5) is 21.7 Å². The van der Waals surface area contributed by atoms with Gasteiger partial charge in [-0.05, 0) is 18.2 Å². The molecule has 1 unspecified atom stereocenters. The highest BCUT2D eigenvalue weighted by molar-refractivity contribution is 5.65. The summed E-state index contributed by atoms with van der Waals surface area (Å²) in [6.07, 6.45) is 1.39. The Morgan fingerprint density at radius 1 is 1.06 bits per heavy atom. The van der Waals surface area contributed by atoms with Crippen LogP contribution in [-0.4, -0.2) is 42.6 Å². The van der Waals surface area contributed by atoms with Gasteiger partial charge in [-0.1, -0.05) is 12.6 Å². The molecule has 0 aliphatic rings. The molecule has 0 aliphatic heterocycles. The molecule has 0 spiro atoms. The minimum Gasteiger partial charge on any atom is -0.493 e. The topological polar surface area (TPSA) is 107 Å². The van der Waals surface area contributed by atoms with Gasteiger partial charge in [-0.2, -0.15) is 9.37 Å². The third-order valence-electron chi connectivity index (χ3n) is 4.22. The molecule has 9 nitrogen and oxygen atoms in total. The zero-order chi connectivity index (χ0) is 23.1. The zero-order valence-corrected chi connectivity index (χ0v) is 17.8. The number of methoxy groups -OCH3 is 3. The first kappa shape index (κ1) is 22.6. The largest absolute Gasteiger partial charge is 0.493 e. The third-order valence-corrected chi connectivity index (χ3v) is 4.22. The van der Waals surface area contributed by atoms with E-state index in [1.165, 1.54) is 27.4 Å². The van der Waals surface area contributed by atoms with Crippen molar-refractivity contribution in [2.45, 2.75) is 6.23 Å². The number of hydrogen-bond donors (Lipinski definition) is 3. The lowest BCUT2D eigenvalue weighted by Crippen LogP contribution is -2.14. The van der Waals surface area contributed by atoms with E-state index in [0.717, 1.165) is 6.20 Å². The first-order valence-electron chi connectivity index (χ1n) is 9.42. The van der Waals surface area contributed by atoms with Crippen LogP contribution in [0.15, 0.2) is 55.3 Å². The number of nitrogens with zero attached hydrogens (tertiary/aromatic N) is 2. The fraction of sp³-hybridized carbons (Fsp3) is 0.182. The molecule has 3 rings (SSSR count). The fourth-order valence-electron chi connectivity index (χ4n) is 2.76. The Hall–Kier alpha value is -4.05. The van der Waals surface area contributed by atoms with Crippen LogP contribution in [0.25, 0.3) is 0 Å². The molecule has 10 heteroatoms. The standard InChI is InChI=1S/C22H23FN4O5/c1-5-19(28)25-13-7-6-8-15(9-13)32-21-16(23)12-24-22(27-21)26-14-10-17(29-2)20(31-4)18(11-14)30-3/h5-12,19,25,28H,1H2,2-4H3,(H,24,26,27). The lowest BCUT2D eigenvalue weighted by Gasteiger charge is -2.15. The molecular formula is C22H23FN4O5. The van der Waals surface area contributed by atoms with E-state index in [-0.39, 0.29) is 11.8 Å². The van der Waals surface area contributed by atoms with Crippen molar-refractivity contribution >= 4 is 17.3 Å². The molecule has 0 fully saturated rings. The van der Waals surface area contributed by atoms with Crippen molar-refractivity contribution in [3.05, 3.63) is 61.1 Å². The molecule has 3 aromatic rings. The minimum absolute atomic E-state index is 0.0898. The number of benzene rings is 2. The summed E-state index contributed by atoms with van der Waals surface area (Å²) in [7, 11) is 4.50. The highest BCUT2D eigenvalue weighted by Crippen LogP contribution is 2.40. The summed E-state index contributed by atoms with van der Waals surface area (Å²) in [4.78, 5) is 8.06. The molecule has 1 heterocycles. The average Bonchev–Trinajstić information content (AvgIpc) is 2.80. The van der Waals surface area contributed by atoms with E-state index in [0.29, 0.717) is 34.4 Å². The lowest BCUT2D eigenvalue weighted by atomic mass is 10.2. The van der Waals surface area contributed by atoms with Crippen molar-refractivity contribution < 1.29 is 28.4 Å². The van der Waals surface area contributed by atoms with Crippen LogP contribution in [-0.2, 0) is 0 Å². The van der Waals surface area contributed by atoms with Gasteiger partial charge in [0.15, 0.2) is 11.5 Å². The second kappa shape index (κ2) is 10.3. The van der Waals surface area contributed by atoms with E-state index < -0.39 is 12.0 Å². The van der Waals surface area contributed by atoms with E-state index in [1.807, 2.05) is 0 Å². The molecule has 0 radical (unpaired) electrons. The van der Waals surface area contributed by atoms with Gasteiger partial charge in [0.2, 0.25) is 17.5 Å². The summed E-state index contributed by atoms with van der Waals surface area (Å²) >= 11 is 0. The van der Waals surface area contributed by atoms with Gasteiger partial charge in [-0.3, -0.25) is 0 Å². The molecule has 1 atom stereocenters. The number of aromatic nitrogens is 2. The molecule has 0 amide bonds. The molecule has 3 N–H and O–H groups in total. The first-order chi connectivity index (χ1) is 15.5. The van der Waals surface area contributed by atoms with Gasteiger partial charge in [-0.25, -0.2) is 4.98 Å². The van der Waals surface area contributed by atoms with Crippen molar-refractivity contribution in [2.75, 3.05) is 32.0 Å². The van der Waals surface area contributed by atoms with Gasteiger partial charge < -0.3 is 34.7 Å². The molecule has 0 bridgehead atoms. The molecule has 0 aliphatic carbocycles. The number of aliphatic hydroxyl groups is 1. The van der Waals surface area contributed by atoms with Crippen LogP contribution in [0.3, 0.4) is 0 Å². The summed E-state index contributed by atoms with van der Waals surface area (Å²) in [6.45, 7) is 3.49. The number of aliphatic hydroxyl groups excluding tert-OH is 1. The molecule has 0 saturated heterocycles. The van der Waals surface area contributed by atoms with Crippen molar-refractivity contribution in [1.29, 1.82) is 0 Å². The Balaban J connectivity index is 1.84. The average molecular weight is 442 g/mol. The third kappa shape index (κ3) is 5.35. The number of hydrogen-bond acceptors (Lipinski definition) is 9. The van der Waals surface area contributed by atoms with Crippen LogP contribution in [0, 0.1) is 5.82 Å². The molecule has 0 saturated carbocycles. The van der Waals surface area contributed by atoms with Crippen molar-refractivity contribution in [3.63, 3.8) is 0 Å². The maximum Gasteiger partial charge on any atom is 0.260 e. The Labute approximate surface area is 184 Å². The quantitative estimate of drug-likeness (QED) is 0.316. The second-order valence-electron chi connectivity index (χ2n) is 6.34. The number of halogens is 1. The Morgan fingerprint density at radius 3 is 2.41 bits per heavy atom. The van der Waals surface area contributed by atoms with Crippen LogP contribution >= 0.6 is 0 Å². The van der Waals surface area contributed by atoms with E-state index in [9.17, 15) is 9.50 Å². The Morgan fingerprint density at radius 2 is 1.78 bits per heavy atom. The Bertz CT molecular complexity index is 1070. The fourth-order valence-corrected chi connectivity index (χ4v) is 2.76. The second-order valence-corrected chi connectivity index (χ2v) is 6.34. The summed E-state index contributed by atoms with van der Waals surface area (Å²) in [5, 5.41) is 15.4. The van der Waals surface area contributed by atoms with Crippen molar-refractivity contribution in [2.24, 2.45) is 0 Å². The van der Waals surface area contributed by atoms with E-state index in [1.54, 1.807) is 36.4 Å². The van der Waals surface area contributed by atoms with Gasteiger partial charge in [0.1, 0.15) is 12.0 Å². The summed E-state index contributed by atoms with van der Waals surface area (Å²) in [5.41, 5.74) is 1.09. The zero-order valence-electron chi connectivity index (χ0n) is 17.8. The Kier molecular flexibility index (Phi) is 7.29. The number of rotatable bonds is 10. The molecule has 168 valence electrons. The van der Waals surface area contributed by atoms with Crippen LogP contribution in [0.5, 0.6) is 28.9 Å². The highest BCUT2D eigenvalue weighted by atomic mass is 19.1. The smallest absolute Gasteiger partial charge is 0.260 e. The number of ether oxygens (including phenoxy) is 4. The van der Waals surface area contributed by atoms with Gasteiger partial charge in [0.25, 0.3) is 5.88 Å². The summed E-state index contributed by atoms with van der Waals surface area (Å²) in [5.74, 6) is 0.661. The predicted molar refractivity (Wildman–Crippen MR) is 118 cm³/mol. The highest BCUT2D eigenvalue weighted by Gasteiger charge is 2.15. The van der Waals surface area contributed by atoms with Gasteiger partial charge in [0.05, 0.1) is 27.5 Å². The maximum atomic E-state index is 14.3. The lowest BCUT2D eigenvalue weighted by molar-refractivity contribution is 0.253. The van der Waals surface area contributed by atoms with Crippen molar-refractivity contribution in [3.8, 4) is 28.9 Å². The maximum absolute atomic E-state index is 14.3. The van der Waals surface area contributed by atoms with Crippen LogP contribution < -0.4 is 29.6 Å². The minimum atomic E-state index is -0.935. The monoisotopic (exact) mass is 442 g/mol. The van der Waals surface area contributed by atoms with E-state index in [2.05, 4.69) is 27.2 Å². The summed E-state index contributed by atoms with van der Waals surface area (Å²) in [6, 6.07) is 9.93. The van der Waals surface area contributed by atoms with Gasteiger partial charge in [0, 0.05) is 29.6 Å². The normalized spacial score (nSPS) is 11.3. The van der Waals surface area contributed by atoms with E-state index in [4.69, 9.17) is 18.9 Å². The molecular weight excluding hydrogens is 419 g/mol. The first-order valence-corrected chi connectivity index (χ1v) is 9.42. The van der Waals surface area contributed by atoms with Crippen LogP contribution in [0.2, 0.25) is 0 Å². The van der Waals surface area contributed by atoms with Crippen molar-refractivity contribution in [1.82, 2.24) is 9.97 Å². The SMILES string of the molecule is C=CC(O)Nc1cccc(Oc2nc(Nc3cc(OC)c(OC)c(OC)c3)ncc2F)c1. The number of nitrogens with one attached hydrogen (secondary N) is 2. The molecule has 1 aromatic heterocycles. The molecule has 2 aromatic carbocycles. The van der Waals surface area contributed by atoms with Gasteiger partial charge in [-0.15, -0.1) is 0 Å². The van der Waals surface area contributed by atoms with Crippen LogP contribution in [0.1, 0.15) is 0 Å². The number of anilines is 3. The predicted octanol–water partition coefficient (Wildman–Crippen LogP) is 4.09. The molecule has 32 heavy (non-hydrogen) atoms.